The predicted molar refractivity (Wildman–Crippen MR) is 124 cm³/mol. The lowest BCUT2D eigenvalue weighted by molar-refractivity contribution is -0.134. The SMILES string of the molecule is CC(=N)N1CCC(Oc2ccc(OC(=O)Cn3ccc4ccc(C(=N)N)cc43)cc2)CC1. The second-order valence-electron chi connectivity index (χ2n) is 7.97. The van der Waals surface area contributed by atoms with Gasteiger partial charge in [0, 0.05) is 43.2 Å². The highest BCUT2D eigenvalue weighted by Crippen LogP contribution is 2.23. The van der Waals surface area contributed by atoms with E-state index in [1.54, 1.807) is 41.0 Å². The normalized spacial score (nSPS) is 14.3. The van der Waals surface area contributed by atoms with Gasteiger partial charge in [0.25, 0.3) is 0 Å². The van der Waals surface area contributed by atoms with Crippen LogP contribution < -0.4 is 15.2 Å². The highest BCUT2D eigenvalue weighted by atomic mass is 16.5. The maximum atomic E-state index is 12.5. The molecule has 0 amide bonds. The lowest BCUT2D eigenvalue weighted by Gasteiger charge is -2.32. The Hall–Kier alpha value is -3.81. The fraction of sp³-hybridized carbons (Fsp3) is 0.292. The summed E-state index contributed by atoms with van der Waals surface area (Å²) in [5.74, 6) is 1.39. The van der Waals surface area contributed by atoms with E-state index in [4.69, 9.17) is 26.0 Å². The molecule has 32 heavy (non-hydrogen) atoms. The quantitative estimate of drug-likeness (QED) is 0.238. The van der Waals surface area contributed by atoms with Gasteiger partial charge in [-0.05, 0) is 48.7 Å². The summed E-state index contributed by atoms with van der Waals surface area (Å²) < 4.78 is 13.3. The third-order valence-corrected chi connectivity index (χ3v) is 5.66. The number of nitrogens with zero attached hydrogens (tertiary/aromatic N) is 2. The number of piperidine rings is 1. The lowest BCUT2D eigenvalue weighted by atomic mass is 10.1. The van der Waals surface area contributed by atoms with Crippen molar-refractivity contribution >= 4 is 28.5 Å². The summed E-state index contributed by atoms with van der Waals surface area (Å²) in [5, 5.41) is 16.3. The van der Waals surface area contributed by atoms with Gasteiger partial charge >= 0.3 is 5.97 Å². The van der Waals surface area contributed by atoms with E-state index in [1.165, 1.54) is 0 Å². The second kappa shape index (κ2) is 9.13. The van der Waals surface area contributed by atoms with Crippen molar-refractivity contribution in [1.82, 2.24) is 9.47 Å². The van der Waals surface area contributed by atoms with Crippen molar-refractivity contribution in [3.8, 4) is 11.5 Å². The molecule has 8 heteroatoms. The molecule has 1 aromatic heterocycles. The molecule has 8 nitrogen and oxygen atoms in total. The molecule has 0 unspecified atom stereocenters. The Bertz CT molecular complexity index is 1140. The average Bonchev–Trinajstić information content (AvgIpc) is 3.17. The Balaban J connectivity index is 1.33. The molecule has 1 aliphatic heterocycles. The minimum absolute atomic E-state index is 0.0140. The summed E-state index contributed by atoms with van der Waals surface area (Å²) >= 11 is 0. The first kappa shape index (κ1) is 21.4. The minimum atomic E-state index is -0.390. The molecular weight excluding hydrogens is 406 g/mol. The Kier molecular flexibility index (Phi) is 6.11. The molecule has 1 saturated heterocycles. The molecule has 4 N–H and O–H groups in total. The maximum absolute atomic E-state index is 12.5. The van der Waals surface area contributed by atoms with Crippen LogP contribution in [-0.4, -0.2) is 46.3 Å². The average molecular weight is 434 g/mol. The van der Waals surface area contributed by atoms with Crippen LogP contribution in [0, 0.1) is 10.8 Å². The molecule has 0 aliphatic carbocycles. The third-order valence-electron chi connectivity index (χ3n) is 5.66. The van der Waals surface area contributed by atoms with Crippen LogP contribution in [-0.2, 0) is 11.3 Å². The van der Waals surface area contributed by atoms with Gasteiger partial charge in [-0.15, -0.1) is 0 Å². The van der Waals surface area contributed by atoms with Gasteiger partial charge in [-0.3, -0.25) is 10.8 Å². The van der Waals surface area contributed by atoms with Crippen LogP contribution in [0.2, 0.25) is 0 Å². The number of likely N-dealkylation sites (tertiary alicyclic amines) is 1. The number of aromatic nitrogens is 1. The van der Waals surface area contributed by atoms with Gasteiger partial charge in [0.1, 0.15) is 30.0 Å². The molecule has 3 aromatic rings. The van der Waals surface area contributed by atoms with Crippen molar-refractivity contribution in [2.75, 3.05) is 13.1 Å². The number of hydrogen-bond donors (Lipinski definition) is 3. The number of nitrogen functional groups attached to an aromatic ring is 1. The number of ether oxygens (including phenoxy) is 2. The number of carbonyl (C=O) groups is 1. The number of fused-ring (bicyclic) bond motifs is 1. The predicted octanol–water partition coefficient (Wildman–Crippen LogP) is 3.37. The number of nitrogens with one attached hydrogen (secondary N) is 2. The topological polar surface area (TPSA) is 117 Å². The van der Waals surface area contributed by atoms with Crippen LogP contribution >= 0.6 is 0 Å². The zero-order valence-corrected chi connectivity index (χ0v) is 18.0. The molecule has 4 rings (SSSR count). The standard InChI is InChI=1S/C24H27N5O3/c1-16(25)28-12-9-21(10-13-28)31-19-4-6-20(7-5-19)32-23(30)15-29-11-8-17-2-3-18(24(26)27)14-22(17)29/h2-8,11,14,21,25H,9-10,12-13,15H2,1H3,(H3,26,27). The number of nitrogens with two attached hydrogens (primary N) is 1. The first-order valence-electron chi connectivity index (χ1n) is 10.6. The minimum Gasteiger partial charge on any atom is -0.490 e. The van der Waals surface area contributed by atoms with Crippen LogP contribution in [0.1, 0.15) is 25.3 Å². The molecule has 0 bridgehead atoms. The number of esters is 1. The molecular formula is C24H27N5O3. The smallest absolute Gasteiger partial charge is 0.331 e. The Morgan fingerprint density at radius 1 is 1.06 bits per heavy atom. The van der Waals surface area contributed by atoms with Crippen LogP contribution in [0.4, 0.5) is 0 Å². The Morgan fingerprint density at radius 2 is 1.75 bits per heavy atom. The zero-order chi connectivity index (χ0) is 22.7. The van der Waals surface area contributed by atoms with E-state index < -0.39 is 5.97 Å². The van der Waals surface area contributed by atoms with Crippen LogP contribution in [0.15, 0.2) is 54.7 Å². The van der Waals surface area contributed by atoms with E-state index in [-0.39, 0.29) is 18.5 Å². The molecule has 2 heterocycles. The molecule has 1 fully saturated rings. The van der Waals surface area contributed by atoms with E-state index in [9.17, 15) is 4.79 Å². The van der Waals surface area contributed by atoms with E-state index >= 15 is 0 Å². The van der Waals surface area contributed by atoms with Crippen molar-refractivity contribution in [3.05, 3.63) is 60.3 Å². The first-order chi connectivity index (χ1) is 15.4. The summed E-state index contributed by atoms with van der Waals surface area (Å²) in [6.07, 6.45) is 3.70. The van der Waals surface area contributed by atoms with Gasteiger partial charge < -0.3 is 24.7 Å². The number of amidine groups is 2. The van der Waals surface area contributed by atoms with E-state index in [2.05, 4.69) is 4.90 Å². The molecule has 0 atom stereocenters. The highest BCUT2D eigenvalue weighted by Gasteiger charge is 2.20. The van der Waals surface area contributed by atoms with Crippen molar-refractivity contribution in [2.45, 2.75) is 32.4 Å². The van der Waals surface area contributed by atoms with Gasteiger partial charge in [0.15, 0.2) is 0 Å². The summed E-state index contributed by atoms with van der Waals surface area (Å²) in [5.41, 5.74) is 7.01. The lowest BCUT2D eigenvalue weighted by Crippen LogP contribution is -2.40. The van der Waals surface area contributed by atoms with Gasteiger partial charge in [0.2, 0.25) is 0 Å². The summed E-state index contributed by atoms with van der Waals surface area (Å²) in [7, 11) is 0. The molecule has 0 saturated carbocycles. The summed E-state index contributed by atoms with van der Waals surface area (Å²) in [6, 6.07) is 14.4. The molecule has 166 valence electrons. The fourth-order valence-electron chi connectivity index (χ4n) is 3.88. The number of benzene rings is 2. The fourth-order valence-corrected chi connectivity index (χ4v) is 3.88. The second-order valence-corrected chi connectivity index (χ2v) is 7.97. The van der Waals surface area contributed by atoms with E-state index in [0.717, 1.165) is 42.6 Å². The van der Waals surface area contributed by atoms with Gasteiger partial charge in [-0.2, -0.15) is 0 Å². The molecule has 0 radical (unpaired) electrons. The van der Waals surface area contributed by atoms with Crippen molar-refractivity contribution in [3.63, 3.8) is 0 Å². The largest absolute Gasteiger partial charge is 0.490 e. The zero-order valence-electron chi connectivity index (χ0n) is 18.0. The van der Waals surface area contributed by atoms with Crippen molar-refractivity contribution in [2.24, 2.45) is 5.73 Å². The number of rotatable bonds is 6. The maximum Gasteiger partial charge on any atom is 0.331 e. The Morgan fingerprint density at radius 3 is 2.41 bits per heavy atom. The van der Waals surface area contributed by atoms with Gasteiger partial charge in [-0.25, -0.2) is 4.79 Å². The number of hydrogen-bond acceptors (Lipinski definition) is 5. The molecule has 0 spiro atoms. The van der Waals surface area contributed by atoms with E-state index in [1.807, 2.05) is 25.3 Å². The van der Waals surface area contributed by atoms with Crippen molar-refractivity contribution in [1.29, 1.82) is 10.8 Å². The van der Waals surface area contributed by atoms with Crippen molar-refractivity contribution < 1.29 is 14.3 Å². The number of carbonyl (C=O) groups excluding carboxylic acids is 1. The van der Waals surface area contributed by atoms with Gasteiger partial charge in [0.05, 0.1) is 5.84 Å². The van der Waals surface area contributed by atoms with Gasteiger partial charge in [-0.1, -0.05) is 12.1 Å². The monoisotopic (exact) mass is 433 g/mol. The Labute approximate surface area is 186 Å². The summed E-state index contributed by atoms with van der Waals surface area (Å²) in [4.78, 5) is 14.5. The molecule has 2 aromatic carbocycles. The highest BCUT2D eigenvalue weighted by molar-refractivity contribution is 5.98. The summed E-state index contributed by atoms with van der Waals surface area (Å²) in [6.45, 7) is 3.52. The van der Waals surface area contributed by atoms with Crippen LogP contribution in [0.3, 0.4) is 0 Å². The van der Waals surface area contributed by atoms with Crippen LogP contribution in [0.25, 0.3) is 10.9 Å². The molecule has 1 aliphatic rings. The van der Waals surface area contributed by atoms with Crippen LogP contribution in [0.5, 0.6) is 11.5 Å². The first-order valence-corrected chi connectivity index (χ1v) is 10.6. The van der Waals surface area contributed by atoms with E-state index in [0.29, 0.717) is 17.1 Å². The third kappa shape index (κ3) is 4.91.